The van der Waals surface area contributed by atoms with Crippen molar-refractivity contribution in [2.45, 2.75) is 30.6 Å². The Morgan fingerprint density at radius 2 is 1.78 bits per heavy atom. The van der Waals surface area contributed by atoms with Crippen LogP contribution in [0, 0.1) is 0 Å². The molecule has 0 radical (unpaired) electrons. The number of benzene rings is 1. The molecule has 1 saturated heterocycles. The SMILES string of the molecule is O=S(=O)(NCCCN1CCCCC1)c1ccc2c(c1)OCCO2. The number of ether oxygens (including phenoxy) is 2. The van der Waals surface area contributed by atoms with Crippen LogP contribution in [-0.4, -0.2) is 52.7 Å². The summed E-state index contributed by atoms with van der Waals surface area (Å²) in [6.45, 7) is 4.61. The quantitative estimate of drug-likeness (QED) is 0.797. The first-order valence-corrected chi connectivity index (χ1v) is 9.75. The van der Waals surface area contributed by atoms with Crippen LogP contribution in [0.5, 0.6) is 11.5 Å². The Balaban J connectivity index is 1.52. The molecule has 0 unspecified atom stereocenters. The fraction of sp³-hybridized carbons (Fsp3) is 0.625. The summed E-state index contributed by atoms with van der Waals surface area (Å²) in [5.41, 5.74) is 0. The normalized spacial score (nSPS) is 18.8. The lowest BCUT2D eigenvalue weighted by molar-refractivity contribution is 0.171. The highest BCUT2D eigenvalue weighted by Gasteiger charge is 2.19. The van der Waals surface area contributed by atoms with Crippen molar-refractivity contribution in [1.29, 1.82) is 0 Å². The predicted octanol–water partition coefficient (Wildman–Crippen LogP) is 1.61. The average Bonchev–Trinajstić information content (AvgIpc) is 2.59. The van der Waals surface area contributed by atoms with Gasteiger partial charge in [-0.15, -0.1) is 0 Å². The third-order valence-electron chi connectivity index (χ3n) is 4.22. The summed E-state index contributed by atoms with van der Waals surface area (Å²) in [5.74, 6) is 1.09. The third-order valence-corrected chi connectivity index (χ3v) is 5.67. The summed E-state index contributed by atoms with van der Waals surface area (Å²) in [6.07, 6.45) is 4.64. The second-order valence-electron chi connectivity index (χ2n) is 5.96. The molecule has 3 rings (SSSR count). The van der Waals surface area contributed by atoms with E-state index in [-0.39, 0.29) is 4.90 Å². The number of likely N-dealkylation sites (tertiary alicyclic amines) is 1. The Kier molecular flexibility index (Phi) is 5.40. The predicted molar refractivity (Wildman–Crippen MR) is 87.5 cm³/mol. The highest BCUT2D eigenvalue weighted by atomic mass is 32.2. The molecule has 7 heteroatoms. The van der Waals surface area contributed by atoms with Gasteiger partial charge in [0.25, 0.3) is 0 Å². The molecule has 2 aliphatic heterocycles. The van der Waals surface area contributed by atoms with Gasteiger partial charge in [0.1, 0.15) is 13.2 Å². The van der Waals surface area contributed by atoms with E-state index in [0.717, 1.165) is 26.1 Å². The minimum absolute atomic E-state index is 0.222. The molecule has 0 bridgehead atoms. The summed E-state index contributed by atoms with van der Waals surface area (Å²) in [5, 5.41) is 0. The molecule has 128 valence electrons. The second-order valence-corrected chi connectivity index (χ2v) is 7.73. The van der Waals surface area contributed by atoms with Crippen LogP contribution in [0.3, 0.4) is 0 Å². The van der Waals surface area contributed by atoms with Gasteiger partial charge in [0.05, 0.1) is 4.90 Å². The smallest absolute Gasteiger partial charge is 0.240 e. The van der Waals surface area contributed by atoms with E-state index in [1.807, 2.05) is 0 Å². The Hall–Kier alpha value is -1.31. The topological polar surface area (TPSA) is 67.9 Å². The Morgan fingerprint density at radius 3 is 2.57 bits per heavy atom. The monoisotopic (exact) mass is 340 g/mol. The van der Waals surface area contributed by atoms with E-state index in [0.29, 0.717) is 31.3 Å². The van der Waals surface area contributed by atoms with Gasteiger partial charge in [-0.25, -0.2) is 13.1 Å². The summed E-state index contributed by atoms with van der Waals surface area (Å²) in [6, 6.07) is 4.73. The number of fused-ring (bicyclic) bond motifs is 1. The van der Waals surface area contributed by atoms with Crippen molar-refractivity contribution in [3.8, 4) is 11.5 Å². The number of hydrogen-bond donors (Lipinski definition) is 1. The first-order valence-electron chi connectivity index (χ1n) is 8.27. The summed E-state index contributed by atoms with van der Waals surface area (Å²) in [7, 11) is -3.50. The minimum Gasteiger partial charge on any atom is -0.486 e. The second kappa shape index (κ2) is 7.51. The van der Waals surface area contributed by atoms with Gasteiger partial charge in [-0.3, -0.25) is 0 Å². The zero-order chi connectivity index (χ0) is 16.1. The molecule has 0 saturated carbocycles. The van der Waals surface area contributed by atoms with E-state index in [1.54, 1.807) is 12.1 Å². The number of rotatable bonds is 6. The minimum atomic E-state index is -3.50. The first kappa shape index (κ1) is 16.5. The van der Waals surface area contributed by atoms with Crippen LogP contribution in [0.25, 0.3) is 0 Å². The maximum Gasteiger partial charge on any atom is 0.240 e. The zero-order valence-electron chi connectivity index (χ0n) is 13.3. The largest absolute Gasteiger partial charge is 0.486 e. The fourth-order valence-electron chi connectivity index (χ4n) is 2.97. The van der Waals surface area contributed by atoms with Crippen molar-refractivity contribution in [2.75, 3.05) is 39.4 Å². The van der Waals surface area contributed by atoms with Gasteiger partial charge in [-0.1, -0.05) is 6.42 Å². The summed E-state index contributed by atoms with van der Waals surface area (Å²) < 4.78 is 38.2. The molecular formula is C16H24N2O4S. The number of piperidine rings is 1. The van der Waals surface area contributed by atoms with Crippen LogP contribution in [0.15, 0.2) is 23.1 Å². The molecule has 1 aromatic rings. The van der Waals surface area contributed by atoms with Crippen LogP contribution in [0.1, 0.15) is 25.7 Å². The van der Waals surface area contributed by atoms with Crippen molar-refractivity contribution >= 4 is 10.0 Å². The van der Waals surface area contributed by atoms with Crippen molar-refractivity contribution in [3.05, 3.63) is 18.2 Å². The van der Waals surface area contributed by atoms with Gasteiger partial charge in [-0.2, -0.15) is 0 Å². The molecule has 2 heterocycles. The van der Waals surface area contributed by atoms with Gasteiger partial charge >= 0.3 is 0 Å². The van der Waals surface area contributed by atoms with Gasteiger partial charge in [0, 0.05) is 12.6 Å². The van der Waals surface area contributed by atoms with Crippen LogP contribution in [0.2, 0.25) is 0 Å². The Bertz CT molecular complexity index is 627. The van der Waals surface area contributed by atoms with Crippen LogP contribution in [-0.2, 0) is 10.0 Å². The highest BCUT2D eigenvalue weighted by Crippen LogP contribution is 2.32. The van der Waals surface area contributed by atoms with Crippen LogP contribution < -0.4 is 14.2 Å². The lowest BCUT2D eigenvalue weighted by Crippen LogP contribution is -2.33. The van der Waals surface area contributed by atoms with Crippen LogP contribution in [0.4, 0.5) is 0 Å². The molecule has 23 heavy (non-hydrogen) atoms. The molecule has 0 spiro atoms. The Morgan fingerprint density at radius 1 is 1.04 bits per heavy atom. The van der Waals surface area contributed by atoms with Crippen molar-refractivity contribution < 1.29 is 17.9 Å². The van der Waals surface area contributed by atoms with E-state index in [1.165, 1.54) is 25.3 Å². The number of sulfonamides is 1. The van der Waals surface area contributed by atoms with E-state index >= 15 is 0 Å². The highest BCUT2D eigenvalue weighted by molar-refractivity contribution is 7.89. The van der Waals surface area contributed by atoms with Gasteiger partial charge < -0.3 is 14.4 Å². The molecule has 2 aliphatic rings. The summed E-state index contributed by atoms with van der Waals surface area (Å²) in [4.78, 5) is 2.63. The van der Waals surface area contributed by atoms with Crippen molar-refractivity contribution in [3.63, 3.8) is 0 Å². The maximum absolute atomic E-state index is 12.3. The third kappa shape index (κ3) is 4.37. The molecule has 1 aromatic carbocycles. The fourth-order valence-corrected chi connectivity index (χ4v) is 4.06. The molecular weight excluding hydrogens is 316 g/mol. The average molecular weight is 340 g/mol. The molecule has 1 fully saturated rings. The maximum atomic E-state index is 12.3. The van der Waals surface area contributed by atoms with Gasteiger partial charge in [0.15, 0.2) is 11.5 Å². The molecule has 0 aromatic heterocycles. The molecule has 0 amide bonds. The van der Waals surface area contributed by atoms with E-state index < -0.39 is 10.0 Å². The lowest BCUT2D eigenvalue weighted by Gasteiger charge is -2.26. The lowest BCUT2D eigenvalue weighted by atomic mass is 10.1. The van der Waals surface area contributed by atoms with E-state index in [2.05, 4.69) is 9.62 Å². The van der Waals surface area contributed by atoms with Crippen molar-refractivity contribution in [1.82, 2.24) is 9.62 Å². The Labute approximate surface area is 137 Å². The number of nitrogens with zero attached hydrogens (tertiary/aromatic N) is 1. The van der Waals surface area contributed by atoms with Crippen LogP contribution >= 0.6 is 0 Å². The van der Waals surface area contributed by atoms with Gasteiger partial charge in [-0.05, 0) is 51.0 Å². The molecule has 0 atom stereocenters. The number of hydrogen-bond acceptors (Lipinski definition) is 5. The van der Waals surface area contributed by atoms with Gasteiger partial charge in [0.2, 0.25) is 10.0 Å². The first-order chi connectivity index (χ1) is 11.1. The molecule has 6 nitrogen and oxygen atoms in total. The summed E-state index contributed by atoms with van der Waals surface area (Å²) >= 11 is 0. The molecule has 0 aliphatic carbocycles. The number of nitrogens with one attached hydrogen (secondary N) is 1. The van der Waals surface area contributed by atoms with E-state index in [4.69, 9.17) is 9.47 Å². The zero-order valence-corrected chi connectivity index (χ0v) is 14.1. The standard InChI is InChI=1S/C16H24N2O4S/c19-23(20,17-7-4-10-18-8-2-1-3-9-18)14-5-6-15-16(13-14)22-12-11-21-15/h5-6,13,17H,1-4,7-12H2. The van der Waals surface area contributed by atoms with E-state index in [9.17, 15) is 8.42 Å². The molecule has 1 N–H and O–H groups in total. The van der Waals surface area contributed by atoms with Crippen molar-refractivity contribution in [2.24, 2.45) is 0 Å².